The Balaban J connectivity index is 1.48. The zero-order chi connectivity index (χ0) is 19.6. The molecule has 1 saturated carbocycles. The summed E-state index contributed by atoms with van der Waals surface area (Å²) in [6, 6.07) is -1.16. The molecule has 2 saturated heterocycles. The van der Waals surface area contributed by atoms with E-state index in [1.165, 1.54) is 13.3 Å². The molecule has 0 aromatic rings. The lowest BCUT2D eigenvalue weighted by atomic mass is 9.96. The molecule has 0 unspecified atom stereocenters. The molecule has 0 spiro atoms. The first-order valence-corrected chi connectivity index (χ1v) is 10.6. The fourth-order valence-corrected chi connectivity index (χ4v) is 5.40. The number of thioether (sulfide) groups is 1. The van der Waals surface area contributed by atoms with Crippen LogP contribution in [0.25, 0.3) is 0 Å². The van der Waals surface area contributed by atoms with Gasteiger partial charge in [0.2, 0.25) is 5.91 Å². The fourth-order valence-electron chi connectivity index (χ4n) is 3.98. The third-order valence-electron chi connectivity index (χ3n) is 5.56. The summed E-state index contributed by atoms with van der Waals surface area (Å²) in [4.78, 5) is 49.9. The van der Waals surface area contributed by atoms with Crippen molar-refractivity contribution >= 4 is 35.6 Å². The second kappa shape index (κ2) is 8.08. The van der Waals surface area contributed by atoms with Gasteiger partial charge in [0.1, 0.15) is 6.04 Å². The molecule has 3 aliphatic rings. The molecule has 0 bridgehead atoms. The summed E-state index contributed by atoms with van der Waals surface area (Å²) in [6.07, 6.45) is 5.15. The number of amides is 4. The molecule has 0 aromatic heterocycles. The Morgan fingerprint density at radius 3 is 2.67 bits per heavy atom. The number of nitrogens with zero attached hydrogens (tertiary/aromatic N) is 1. The Morgan fingerprint density at radius 1 is 1.26 bits per heavy atom. The largest absolute Gasteiger partial charge is 0.451 e. The Kier molecular flexibility index (Phi) is 5.98. The number of carbonyl (C=O) groups excluding carboxylic acids is 4. The number of hydrogen-bond acceptors (Lipinski definition) is 6. The van der Waals surface area contributed by atoms with Crippen LogP contribution in [0.1, 0.15) is 58.8 Å². The molecular formula is C18H27N3O5S. The van der Waals surface area contributed by atoms with Crippen molar-refractivity contribution in [3.8, 4) is 0 Å². The molecule has 3 rings (SSSR count). The lowest BCUT2D eigenvalue weighted by molar-refractivity contribution is -0.161. The topological polar surface area (TPSA) is 105 Å². The second-order valence-corrected chi connectivity index (χ2v) is 9.14. The number of ether oxygens (including phenoxy) is 1. The number of rotatable bonds is 4. The molecule has 0 aromatic carbocycles. The van der Waals surface area contributed by atoms with Crippen LogP contribution < -0.4 is 10.6 Å². The third kappa shape index (κ3) is 4.39. The Labute approximate surface area is 163 Å². The van der Waals surface area contributed by atoms with Crippen molar-refractivity contribution in [1.82, 2.24) is 15.5 Å². The van der Waals surface area contributed by atoms with Gasteiger partial charge in [-0.25, -0.2) is 9.59 Å². The van der Waals surface area contributed by atoms with Crippen molar-refractivity contribution in [2.24, 2.45) is 0 Å². The smallest absolute Gasteiger partial charge is 0.330 e. The molecule has 8 nitrogen and oxygen atoms in total. The normalized spacial score (nSPS) is 29.2. The number of esters is 1. The van der Waals surface area contributed by atoms with Gasteiger partial charge in [0.25, 0.3) is 5.91 Å². The lowest BCUT2D eigenvalue weighted by Gasteiger charge is -2.29. The van der Waals surface area contributed by atoms with Crippen LogP contribution in [0.3, 0.4) is 0 Å². The van der Waals surface area contributed by atoms with Crippen LogP contribution in [-0.2, 0) is 19.1 Å². The molecule has 9 heteroatoms. The highest BCUT2D eigenvalue weighted by Crippen LogP contribution is 2.47. The van der Waals surface area contributed by atoms with E-state index in [2.05, 4.69) is 10.6 Å². The number of hydrogen-bond donors (Lipinski definition) is 2. The van der Waals surface area contributed by atoms with Crippen LogP contribution in [0.2, 0.25) is 0 Å². The van der Waals surface area contributed by atoms with Gasteiger partial charge in [0.05, 0.1) is 4.87 Å². The minimum atomic E-state index is -1.11. The highest BCUT2D eigenvalue weighted by atomic mass is 32.2. The van der Waals surface area contributed by atoms with Gasteiger partial charge in [-0.1, -0.05) is 19.3 Å². The molecule has 2 aliphatic heterocycles. The fraction of sp³-hybridized carbons (Fsp3) is 0.778. The van der Waals surface area contributed by atoms with Gasteiger partial charge in [0, 0.05) is 18.2 Å². The summed E-state index contributed by atoms with van der Waals surface area (Å²) in [6.45, 7) is 3.37. The lowest BCUT2D eigenvalue weighted by Crippen LogP contribution is -2.50. The van der Waals surface area contributed by atoms with E-state index in [4.69, 9.17) is 4.74 Å². The van der Waals surface area contributed by atoms with Gasteiger partial charge in [0.15, 0.2) is 6.10 Å². The van der Waals surface area contributed by atoms with E-state index in [0.29, 0.717) is 18.6 Å². The predicted molar refractivity (Wildman–Crippen MR) is 99.8 cm³/mol. The number of urea groups is 1. The molecule has 1 aliphatic carbocycles. The van der Waals surface area contributed by atoms with E-state index in [-0.39, 0.29) is 16.8 Å². The van der Waals surface area contributed by atoms with Gasteiger partial charge < -0.3 is 15.0 Å². The Bertz CT molecular complexity index is 636. The third-order valence-corrected chi connectivity index (χ3v) is 7.06. The molecule has 4 amide bonds. The summed E-state index contributed by atoms with van der Waals surface area (Å²) in [5, 5.41) is 5.02. The summed E-state index contributed by atoms with van der Waals surface area (Å²) < 4.78 is 5.25. The van der Waals surface area contributed by atoms with Gasteiger partial charge in [-0.3, -0.25) is 14.9 Å². The second-order valence-electron chi connectivity index (χ2n) is 7.64. The molecular weight excluding hydrogens is 370 g/mol. The molecule has 2 heterocycles. The number of imide groups is 1. The molecule has 0 radical (unpaired) electrons. The van der Waals surface area contributed by atoms with Crippen LogP contribution in [-0.4, -0.2) is 57.5 Å². The first-order chi connectivity index (χ1) is 12.8. The average Bonchev–Trinajstić information content (AvgIpc) is 3.11. The minimum Gasteiger partial charge on any atom is -0.451 e. The summed E-state index contributed by atoms with van der Waals surface area (Å²) in [5.41, 5.74) is 0. The molecule has 150 valence electrons. The van der Waals surface area contributed by atoms with Crippen LogP contribution >= 0.6 is 11.8 Å². The van der Waals surface area contributed by atoms with E-state index in [1.807, 2.05) is 6.92 Å². The maximum absolute atomic E-state index is 12.5. The van der Waals surface area contributed by atoms with Crippen molar-refractivity contribution < 1.29 is 23.9 Å². The predicted octanol–water partition coefficient (Wildman–Crippen LogP) is 1.53. The highest BCUT2D eigenvalue weighted by molar-refractivity contribution is 8.01. The Morgan fingerprint density at radius 2 is 1.96 bits per heavy atom. The maximum atomic E-state index is 12.5. The van der Waals surface area contributed by atoms with Crippen LogP contribution in [0.4, 0.5) is 4.79 Å². The summed E-state index contributed by atoms with van der Waals surface area (Å²) in [7, 11) is 0. The quantitative estimate of drug-likeness (QED) is 0.697. The van der Waals surface area contributed by atoms with Crippen LogP contribution in [0.5, 0.6) is 0 Å². The van der Waals surface area contributed by atoms with Crippen LogP contribution in [0.15, 0.2) is 0 Å². The number of nitrogens with one attached hydrogen (secondary N) is 2. The summed E-state index contributed by atoms with van der Waals surface area (Å²) >= 11 is 1.56. The van der Waals surface area contributed by atoms with Gasteiger partial charge in [-0.2, -0.15) is 0 Å². The maximum Gasteiger partial charge on any atom is 0.330 e. The molecule has 27 heavy (non-hydrogen) atoms. The zero-order valence-electron chi connectivity index (χ0n) is 15.8. The van der Waals surface area contributed by atoms with Crippen LogP contribution in [0, 0.1) is 0 Å². The molecule has 3 fully saturated rings. The van der Waals surface area contributed by atoms with Crippen molar-refractivity contribution in [3.63, 3.8) is 0 Å². The molecule has 2 N–H and O–H groups in total. The number of carbonyl (C=O) groups is 4. The van der Waals surface area contributed by atoms with Gasteiger partial charge in [-0.05, 0) is 33.1 Å². The molecule has 3 atom stereocenters. The highest BCUT2D eigenvalue weighted by Gasteiger charge is 2.53. The first kappa shape index (κ1) is 20.0. The van der Waals surface area contributed by atoms with E-state index in [9.17, 15) is 19.2 Å². The SMILES string of the molecule is C[C@@H](OC(=O)[C@H]1CS[C@@]2(C)CCC(=O)N12)C(=O)NC(=O)NC1CCCCC1. The Hall–Kier alpha value is -1.77. The summed E-state index contributed by atoms with van der Waals surface area (Å²) in [5.74, 6) is -0.875. The first-order valence-electron chi connectivity index (χ1n) is 9.58. The van der Waals surface area contributed by atoms with Crippen molar-refractivity contribution in [2.45, 2.75) is 81.9 Å². The van der Waals surface area contributed by atoms with Crippen molar-refractivity contribution in [2.75, 3.05) is 5.75 Å². The standard InChI is InChI=1S/C18H27N3O5S/c1-11(15(23)20-17(25)19-12-6-4-3-5-7-12)26-16(24)13-10-27-18(2)9-8-14(22)21(13)18/h11-13H,3-10H2,1-2H3,(H2,19,20,23,25)/t11-,13-,18+/m1/s1. The van der Waals surface area contributed by atoms with Gasteiger partial charge in [-0.15, -0.1) is 11.8 Å². The van der Waals surface area contributed by atoms with E-state index < -0.39 is 30.1 Å². The van der Waals surface area contributed by atoms with Crippen molar-refractivity contribution in [1.29, 1.82) is 0 Å². The number of fused-ring (bicyclic) bond motifs is 1. The minimum absolute atomic E-state index is 0.0617. The zero-order valence-corrected chi connectivity index (χ0v) is 16.6. The van der Waals surface area contributed by atoms with Gasteiger partial charge >= 0.3 is 12.0 Å². The van der Waals surface area contributed by atoms with E-state index >= 15 is 0 Å². The average molecular weight is 397 g/mol. The van der Waals surface area contributed by atoms with E-state index in [1.54, 1.807) is 16.7 Å². The monoisotopic (exact) mass is 397 g/mol. The van der Waals surface area contributed by atoms with E-state index in [0.717, 1.165) is 25.7 Å². The van der Waals surface area contributed by atoms with Crippen molar-refractivity contribution in [3.05, 3.63) is 0 Å².